The standard InChI is InChI=1S/C25H18ClF3N2O3/c26-17-10-8-15(9-11-17)22-13-21(30-31(22)24(34)25(28,29)14-23(32)33)20-7-2-1-6-19(20)16-4-3-5-18(27)12-16/h1-12,22H,13-14H2,(H,32,33). The maximum absolute atomic E-state index is 14.5. The fourth-order valence-electron chi connectivity index (χ4n) is 3.88. The van der Waals surface area contributed by atoms with Crippen molar-refractivity contribution in [3.63, 3.8) is 0 Å². The lowest BCUT2D eigenvalue weighted by molar-refractivity contribution is -0.167. The normalized spacial score (nSPS) is 15.8. The van der Waals surface area contributed by atoms with Crippen molar-refractivity contribution < 1.29 is 27.9 Å². The van der Waals surface area contributed by atoms with Gasteiger partial charge in [-0.2, -0.15) is 13.9 Å². The van der Waals surface area contributed by atoms with Crippen molar-refractivity contribution in [2.24, 2.45) is 5.10 Å². The van der Waals surface area contributed by atoms with Gasteiger partial charge in [-0.3, -0.25) is 9.59 Å². The Kier molecular flexibility index (Phi) is 6.43. The zero-order valence-corrected chi connectivity index (χ0v) is 18.3. The van der Waals surface area contributed by atoms with Gasteiger partial charge in [-0.1, -0.05) is 60.1 Å². The van der Waals surface area contributed by atoms with Gasteiger partial charge in [0.25, 0.3) is 0 Å². The number of benzene rings is 3. The number of alkyl halides is 2. The quantitative estimate of drug-likeness (QED) is 0.469. The monoisotopic (exact) mass is 486 g/mol. The first-order valence-corrected chi connectivity index (χ1v) is 10.6. The Labute approximate surface area is 198 Å². The lowest BCUT2D eigenvalue weighted by atomic mass is 9.92. The highest BCUT2D eigenvalue weighted by atomic mass is 35.5. The molecule has 1 heterocycles. The van der Waals surface area contributed by atoms with Crippen molar-refractivity contribution >= 4 is 29.2 Å². The highest BCUT2D eigenvalue weighted by Crippen LogP contribution is 2.38. The predicted molar refractivity (Wildman–Crippen MR) is 121 cm³/mol. The molecule has 1 atom stereocenters. The number of hydrogen-bond acceptors (Lipinski definition) is 3. The van der Waals surface area contributed by atoms with Crippen LogP contribution in [0, 0.1) is 5.82 Å². The number of hydrogen-bond donors (Lipinski definition) is 1. The molecule has 1 aliphatic heterocycles. The van der Waals surface area contributed by atoms with Gasteiger partial charge >= 0.3 is 17.8 Å². The molecule has 1 amide bonds. The van der Waals surface area contributed by atoms with E-state index >= 15 is 0 Å². The van der Waals surface area contributed by atoms with Crippen LogP contribution in [0.25, 0.3) is 11.1 Å². The van der Waals surface area contributed by atoms with Gasteiger partial charge in [-0.15, -0.1) is 0 Å². The van der Waals surface area contributed by atoms with Crippen LogP contribution in [0.3, 0.4) is 0 Å². The second-order valence-corrected chi connectivity index (χ2v) is 8.24. The molecule has 1 aliphatic rings. The highest BCUT2D eigenvalue weighted by Gasteiger charge is 2.48. The van der Waals surface area contributed by atoms with E-state index in [0.29, 0.717) is 38.0 Å². The molecule has 1 unspecified atom stereocenters. The van der Waals surface area contributed by atoms with Crippen molar-refractivity contribution in [2.45, 2.75) is 24.8 Å². The zero-order chi connectivity index (χ0) is 24.5. The molecule has 0 aliphatic carbocycles. The molecule has 0 bridgehead atoms. The van der Waals surface area contributed by atoms with E-state index in [4.69, 9.17) is 16.7 Å². The Morgan fingerprint density at radius 2 is 1.71 bits per heavy atom. The molecule has 0 spiro atoms. The molecule has 9 heteroatoms. The predicted octanol–water partition coefficient (Wildman–Crippen LogP) is 5.93. The second kappa shape index (κ2) is 9.30. The first-order valence-electron chi connectivity index (χ1n) is 10.3. The summed E-state index contributed by atoms with van der Waals surface area (Å²) in [5, 5.41) is 14.1. The van der Waals surface area contributed by atoms with E-state index in [2.05, 4.69) is 5.10 Å². The van der Waals surface area contributed by atoms with E-state index in [0.717, 1.165) is 0 Å². The maximum atomic E-state index is 14.5. The van der Waals surface area contributed by atoms with Crippen LogP contribution in [-0.2, 0) is 9.59 Å². The Morgan fingerprint density at radius 1 is 1.03 bits per heavy atom. The van der Waals surface area contributed by atoms with Crippen molar-refractivity contribution in [3.8, 4) is 11.1 Å². The molecular weight excluding hydrogens is 469 g/mol. The fraction of sp³-hybridized carbons (Fsp3) is 0.160. The summed E-state index contributed by atoms with van der Waals surface area (Å²) in [4.78, 5) is 23.7. The minimum atomic E-state index is -4.16. The van der Waals surface area contributed by atoms with Crippen LogP contribution in [0.15, 0.2) is 77.9 Å². The fourth-order valence-corrected chi connectivity index (χ4v) is 4.01. The minimum absolute atomic E-state index is 0.0862. The van der Waals surface area contributed by atoms with Gasteiger partial charge in [0, 0.05) is 17.0 Å². The SMILES string of the molecule is O=C(O)CC(F)(F)C(=O)N1N=C(c2ccccc2-c2cccc(F)c2)CC1c1ccc(Cl)cc1. The summed E-state index contributed by atoms with van der Waals surface area (Å²) in [6.07, 6.45) is -1.57. The van der Waals surface area contributed by atoms with E-state index in [-0.39, 0.29) is 6.42 Å². The van der Waals surface area contributed by atoms with Crippen molar-refractivity contribution in [2.75, 3.05) is 0 Å². The highest BCUT2D eigenvalue weighted by molar-refractivity contribution is 6.30. The summed E-state index contributed by atoms with van der Waals surface area (Å²) < 4.78 is 42.8. The van der Waals surface area contributed by atoms with Crippen molar-refractivity contribution in [3.05, 3.63) is 94.8 Å². The van der Waals surface area contributed by atoms with Crippen LogP contribution < -0.4 is 0 Å². The topological polar surface area (TPSA) is 70.0 Å². The van der Waals surface area contributed by atoms with Gasteiger partial charge < -0.3 is 5.11 Å². The van der Waals surface area contributed by atoms with Gasteiger partial charge in [0.15, 0.2) is 0 Å². The lowest BCUT2D eigenvalue weighted by Crippen LogP contribution is -2.42. The molecule has 0 radical (unpaired) electrons. The summed E-state index contributed by atoms with van der Waals surface area (Å²) in [6.45, 7) is 0. The number of aliphatic carboxylic acids is 1. The molecule has 1 N–H and O–H groups in total. The molecule has 3 aromatic carbocycles. The number of carbonyl (C=O) groups excluding carboxylic acids is 1. The first kappa shape index (κ1) is 23.5. The largest absolute Gasteiger partial charge is 0.481 e. The maximum Gasteiger partial charge on any atom is 0.337 e. The molecule has 4 rings (SSSR count). The molecule has 0 fully saturated rings. The molecule has 5 nitrogen and oxygen atoms in total. The number of carboxylic acids is 1. The average Bonchev–Trinajstić information content (AvgIpc) is 3.23. The third kappa shape index (κ3) is 4.82. The smallest absolute Gasteiger partial charge is 0.337 e. The second-order valence-electron chi connectivity index (χ2n) is 7.80. The van der Waals surface area contributed by atoms with Crippen LogP contribution in [0.5, 0.6) is 0 Å². The van der Waals surface area contributed by atoms with Crippen molar-refractivity contribution in [1.82, 2.24) is 5.01 Å². The van der Waals surface area contributed by atoms with Gasteiger partial charge in [-0.05, 0) is 41.0 Å². The third-order valence-corrected chi connectivity index (χ3v) is 5.68. The summed E-state index contributed by atoms with van der Waals surface area (Å²) in [7, 11) is 0. The molecule has 34 heavy (non-hydrogen) atoms. The number of carbonyl (C=O) groups is 2. The molecular formula is C25H18ClF3N2O3. The van der Waals surface area contributed by atoms with Crippen molar-refractivity contribution in [1.29, 1.82) is 0 Å². The summed E-state index contributed by atoms with van der Waals surface area (Å²) >= 11 is 5.95. The molecule has 174 valence electrons. The van der Waals surface area contributed by atoms with Crippen LogP contribution in [-0.4, -0.2) is 33.6 Å². The van der Waals surface area contributed by atoms with E-state index in [9.17, 15) is 22.8 Å². The van der Waals surface area contributed by atoms with Gasteiger partial charge in [0.2, 0.25) is 0 Å². The van der Waals surface area contributed by atoms with Gasteiger partial charge in [0.1, 0.15) is 12.2 Å². The number of halogens is 4. The van der Waals surface area contributed by atoms with Gasteiger partial charge in [-0.25, -0.2) is 9.40 Å². The first-order chi connectivity index (χ1) is 16.2. The number of amides is 1. The number of hydrazone groups is 1. The Balaban J connectivity index is 1.79. The van der Waals surface area contributed by atoms with Crippen LogP contribution in [0.2, 0.25) is 5.02 Å². The van der Waals surface area contributed by atoms with Crippen LogP contribution in [0.1, 0.15) is 30.0 Å². The molecule has 0 aromatic heterocycles. The minimum Gasteiger partial charge on any atom is -0.481 e. The number of carboxylic acid groups (broad SMARTS) is 1. The Bertz CT molecular complexity index is 1280. The summed E-state index contributed by atoms with van der Waals surface area (Å²) in [6, 6.07) is 18.3. The number of rotatable bonds is 6. The molecule has 3 aromatic rings. The van der Waals surface area contributed by atoms with Crippen LogP contribution in [0.4, 0.5) is 13.2 Å². The lowest BCUT2D eigenvalue weighted by Gasteiger charge is -2.25. The number of nitrogens with zero attached hydrogens (tertiary/aromatic N) is 2. The van der Waals surface area contributed by atoms with E-state index in [1.807, 2.05) is 0 Å². The van der Waals surface area contributed by atoms with Gasteiger partial charge in [0.05, 0.1) is 11.8 Å². The summed E-state index contributed by atoms with van der Waals surface area (Å²) in [5.41, 5.74) is 2.55. The molecule has 0 saturated carbocycles. The van der Waals surface area contributed by atoms with Crippen LogP contribution >= 0.6 is 11.6 Å². The average molecular weight is 487 g/mol. The van der Waals surface area contributed by atoms with E-state index in [1.54, 1.807) is 60.7 Å². The van der Waals surface area contributed by atoms with E-state index < -0.39 is 36.1 Å². The molecule has 0 saturated heterocycles. The Morgan fingerprint density at radius 3 is 2.35 bits per heavy atom. The van der Waals surface area contributed by atoms with E-state index in [1.165, 1.54) is 12.1 Å². The summed E-state index contributed by atoms with van der Waals surface area (Å²) in [5.74, 6) is -8.11. The third-order valence-electron chi connectivity index (χ3n) is 5.43. The Hall–Kier alpha value is -3.65. The zero-order valence-electron chi connectivity index (χ0n) is 17.6.